The number of anilines is 1. The molecule has 4 aromatic rings. The average molecular weight is 637 g/mol. The molecule has 5 rings (SSSR count). The summed E-state index contributed by atoms with van der Waals surface area (Å²) in [5.74, 6) is 0.0627. The van der Waals surface area contributed by atoms with Crippen LogP contribution in [0.3, 0.4) is 0 Å². The molecule has 1 saturated heterocycles. The Hall–Kier alpha value is -4.39. The first kappa shape index (κ1) is 31.0. The molecule has 0 aliphatic carbocycles. The predicted octanol–water partition coefficient (Wildman–Crippen LogP) is 5.21. The number of nitrogens with one attached hydrogen (secondary N) is 2. The fourth-order valence-electron chi connectivity index (χ4n) is 5.17. The number of likely N-dealkylation sites (tertiary alicyclic amines) is 1. The summed E-state index contributed by atoms with van der Waals surface area (Å²) in [5, 5.41) is 26.5. The molecule has 12 nitrogen and oxygen atoms in total. The summed E-state index contributed by atoms with van der Waals surface area (Å²) in [7, 11) is 1.30. The Kier molecular flexibility index (Phi) is 10.2. The number of ether oxygens (including phenoxy) is 1. The molecule has 2 aromatic carbocycles. The summed E-state index contributed by atoms with van der Waals surface area (Å²) < 4.78 is 6.15. The van der Waals surface area contributed by atoms with Gasteiger partial charge in [0, 0.05) is 34.5 Å². The van der Waals surface area contributed by atoms with E-state index in [1.165, 1.54) is 24.2 Å². The Morgan fingerprint density at radius 3 is 2.66 bits per heavy atom. The summed E-state index contributed by atoms with van der Waals surface area (Å²) >= 11 is 12.7. The average Bonchev–Trinajstić information content (AvgIpc) is 3.73. The van der Waals surface area contributed by atoms with Crippen molar-refractivity contribution in [2.24, 2.45) is 5.92 Å². The predicted molar refractivity (Wildman–Crippen MR) is 167 cm³/mol. The Morgan fingerprint density at radius 2 is 1.95 bits per heavy atom. The van der Waals surface area contributed by atoms with Crippen molar-refractivity contribution < 1.29 is 14.3 Å². The van der Waals surface area contributed by atoms with Crippen LogP contribution in [0.2, 0.25) is 10.2 Å². The number of amides is 2. The number of carbonyl (C=O) groups is 2. The topological polar surface area (TPSA) is 140 Å². The minimum Gasteiger partial charge on any atom is -0.453 e. The highest BCUT2D eigenvalue weighted by atomic mass is 35.5. The van der Waals surface area contributed by atoms with Gasteiger partial charge in [0.2, 0.25) is 5.91 Å². The highest BCUT2D eigenvalue weighted by Gasteiger charge is 2.27. The first-order valence-electron chi connectivity index (χ1n) is 14.0. The zero-order chi connectivity index (χ0) is 31.1. The summed E-state index contributed by atoms with van der Waals surface area (Å²) in [5.41, 5.74) is 3.94. The maximum Gasteiger partial charge on any atom is 0.411 e. The Balaban J connectivity index is 1.40. The Labute approximate surface area is 264 Å². The smallest absolute Gasteiger partial charge is 0.411 e. The molecule has 2 aromatic heterocycles. The molecule has 0 saturated carbocycles. The fourth-order valence-corrected chi connectivity index (χ4v) is 5.55. The third-order valence-corrected chi connectivity index (χ3v) is 7.97. The number of rotatable bonds is 10. The lowest BCUT2D eigenvalue weighted by molar-refractivity contribution is -0.117. The van der Waals surface area contributed by atoms with Gasteiger partial charge >= 0.3 is 6.09 Å². The van der Waals surface area contributed by atoms with Gasteiger partial charge in [0.25, 0.3) is 0 Å². The van der Waals surface area contributed by atoms with Crippen molar-refractivity contribution in [3.05, 3.63) is 82.4 Å². The molecule has 2 N–H and O–H groups in total. The standard InChI is InChI=1S/C30H31Cl2N9O3/c1-3-40-13-12-19(17-40)14-25(35-28(42)11-6-21-15-22(31)7-10-27(21)41-18-33-38-39-41)26-16-24(29(32)37-36-26)20-4-8-23(9-5-20)34-30(43)44-2/h4-11,15-16,18-19,25H,3,12-14,17H2,1-2H3,(H,34,43)(H,35,42)/t19?,25-/m0/s1. The summed E-state index contributed by atoms with van der Waals surface area (Å²) in [4.78, 5) is 27.3. The van der Waals surface area contributed by atoms with E-state index < -0.39 is 12.1 Å². The molecule has 44 heavy (non-hydrogen) atoms. The van der Waals surface area contributed by atoms with E-state index in [0.29, 0.717) is 45.6 Å². The SMILES string of the molecule is CCN1CCC(C[C@H](NC(=O)C=Cc2cc(Cl)ccc2-n2cnnn2)c2cc(-c3ccc(NC(=O)OC)cc3)c(Cl)nn2)C1. The van der Waals surface area contributed by atoms with E-state index in [2.05, 4.69) is 52.9 Å². The molecule has 1 aliphatic heterocycles. The van der Waals surface area contributed by atoms with E-state index >= 15 is 0 Å². The van der Waals surface area contributed by atoms with Crippen LogP contribution in [-0.2, 0) is 9.53 Å². The van der Waals surface area contributed by atoms with Crippen LogP contribution in [-0.4, -0.2) is 74.0 Å². The van der Waals surface area contributed by atoms with Gasteiger partial charge in [0.1, 0.15) is 6.33 Å². The van der Waals surface area contributed by atoms with Gasteiger partial charge in [-0.15, -0.1) is 10.2 Å². The zero-order valence-electron chi connectivity index (χ0n) is 24.2. The second-order valence-electron chi connectivity index (χ2n) is 10.3. The molecule has 2 atom stereocenters. The normalized spacial score (nSPS) is 15.8. The molecule has 1 aliphatic rings. The van der Waals surface area contributed by atoms with Crippen LogP contribution in [0.4, 0.5) is 10.5 Å². The van der Waals surface area contributed by atoms with E-state index in [-0.39, 0.29) is 11.1 Å². The molecular weight excluding hydrogens is 605 g/mol. The van der Waals surface area contributed by atoms with Crippen LogP contribution in [0.25, 0.3) is 22.9 Å². The van der Waals surface area contributed by atoms with Crippen LogP contribution in [0.1, 0.15) is 37.1 Å². The van der Waals surface area contributed by atoms with E-state index in [4.69, 9.17) is 23.2 Å². The molecule has 0 radical (unpaired) electrons. The van der Waals surface area contributed by atoms with Crippen molar-refractivity contribution in [1.82, 2.24) is 40.6 Å². The largest absolute Gasteiger partial charge is 0.453 e. The first-order chi connectivity index (χ1) is 21.3. The van der Waals surface area contributed by atoms with Gasteiger partial charge in [0.15, 0.2) is 5.15 Å². The number of halogens is 2. The van der Waals surface area contributed by atoms with Gasteiger partial charge in [0.05, 0.1) is 24.5 Å². The summed E-state index contributed by atoms with van der Waals surface area (Å²) in [6.07, 6.45) is 5.74. The summed E-state index contributed by atoms with van der Waals surface area (Å²) in [6, 6.07) is 13.8. The van der Waals surface area contributed by atoms with Crippen LogP contribution in [0, 0.1) is 5.92 Å². The van der Waals surface area contributed by atoms with Crippen LogP contribution in [0.5, 0.6) is 0 Å². The zero-order valence-corrected chi connectivity index (χ0v) is 25.7. The number of tetrazole rings is 1. The van der Waals surface area contributed by atoms with Crippen molar-refractivity contribution in [1.29, 1.82) is 0 Å². The van der Waals surface area contributed by atoms with Gasteiger partial charge in [-0.1, -0.05) is 42.3 Å². The molecule has 1 unspecified atom stereocenters. The number of aromatic nitrogens is 6. The highest BCUT2D eigenvalue weighted by Crippen LogP contribution is 2.32. The monoisotopic (exact) mass is 635 g/mol. The lowest BCUT2D eigenvalue weighted by Gasteiger charge is -2.22. The first-order valence-corrected chi connectivity index (χ1v) is 14.8. The molecule has 3 heterocycles. The number of nitrogens with zero attached hydrogens (tertiary/aromatic N) is 7. The second kappa shape index (κ2) is 14.4. The van der Waals surface area contributed by atoms with Crippen molar-refractivity contribution in [2.45, 2.75) is 25.8 Å². The van der Waals surface area contributed by atoms with Gasteiger partial charge in [-0.3, -0.25) is 10.1 Å². The maximum absolute atomic E-state index is 13.3. The van der Waals surface area contributed by atoms with Crippen LogP contribution in [0.15, 0.2) is 60.9 Å². The van der Waals surface area contributed by atoms with E-state index in [1.807, 2.05) is 18.2 Å². The molecule has 1 fully saturated rings. The molecule has 14 heteroatoms. The lowest BCUT2D eigenvalue weighted by Crippen LogP contribution is -2.30. The van der Waals surface area contributed by atoms with E-state index in [1.54, 1.807) is 36.4 Å². The van der Waals surface area contributed by atoms with Gasteiger partial charge in [-0.2, -0.15) is 9.78 Å². The molecule has 2 amide bonds. The van der Waals surface area contributed by atoms with Crippen LogP contribution < -0.4 is 10.6 Å². The third kappa shape index (κ3) is 7.76. The lowest BCUT2D eigenvalue weighted by atomic mass is 9.95. The minimum absolute atomic E-state index is 0.224. The van der Waals surface area contributed by atoms with Crippen molar-refractivity contribution in [2.75, 3.05) is 32.1 Å². The number of hydrogen-bond donors (Lipinski definition) is 2. The second-order valence-corrected chi connectivity index (χ2v) is 11.1. The van der Waals surface area contributed by atoms with E-state index in [9.17, 15) is 9.59 Å². The third-order valence-electron chi connectivity index (χ3n) is 7.45. The fraction of sp³-hybridized carbons (Fsp3) is 0.300. The number of benzene rings is 2. The minimum atomic E-state index is -0.563. The van der Waals surface area contributed by atoms with Gasteiger partial charge in [-0.25, -0.2) is 4.79 Å². The van der Waals surface area contributed by atoms with E-state index in [0.717, 1.165) is 31.6 Å². The number of hydrogen-bond acceptors (Lipinski definition) is 9. The highest BCUT2D eigenvalue weighted by molar-refractivity contribution is 6.32. The molecule has 0 spiro atoms. The number of carbonyl (C=O) groups excluding carboxylic acids is 2. The van der Waals surface area contributed by atoms with Gasteiger partial charge in [-0.05, 0) is 90.3 Å². The Morgan fingerprint density at radius 1 is 1.14 bits per heavy atom. The van der Waals surface area contributed by atoms with Crippen molar-refractivity contribution in [3.63, 3.8) is 0 Å². The van der Waals surface area contributed by atoms with Crippen LogP contribution >= 0.6 is 23.2 Å². The molecule has 0 bridgehead atoms. The summed E-state index contributed by atoms with van der Waals surface area (Å²) in [6.45, 7) is 5.08. The Bertz CT molecular complexity index is 1630. The van der Waals surface area contributed by atoms with Gasteiger partial charge < -0.3 is 15.0 Å². The quantitative estimate of drug-likeness (QED) is 0.225. The van der Waals surface area contributed by atoms with Crippen molar-refractivity contribution in [3.8, 4) is 16.8 Å². The number of methoxy groups -OCH3 is 1. The molecule has 228 valence electrons. The molecular formula is C30H31Cl2N9O3. The maximum atomic E-state index is 13.3. The van der Waals surface area contributed by atoms with Crippen molar-refractivity contribution >= 4 is 47.0 Å².